The van der Waals surface area contributed by atoms with Crippen LogP contribution >= 0.6 is 127 Å². The largest absolute Gasteiger partial charge is 2.00 e. The average Bonchev–Trinajstić information content (AvgIpc) is 1.50. The number of rotatable bonds is 14. The van der Waals surface area contributed by atoms with E-state index in [1.807, 2.05) is 353 Å². The Morgan fingerprint density at radius 2 is 0.684 bits per heavy atom. The third-order valence-corrected chi connectivity index (χ3v) is 23.6. The number of halogens is 9. The molecule has 3 saturated heterocycles. The summed E-state index contributed by atoms with van der Waals surface area (Å²) in [5.41, 5.74) is 10.3. The zero-order chi connectivity index (χ0) is 81.4. The number of carbonyl (C=O) groups is 2. The zero-order valence-corrected chi connectivity index (χ0v) is 79.0. The summed E-state index contributed by atoms with van der Waals surface area (Å²) in [6, 6.07) is 100. The maximum atomic E-state index is 13.8. The summed E-state index contributed by atoms with van der Waals surface area (Å²) in [5, 5.41) is 12.3. The van der Waals surface area contributed by atoms with Gasteiger partial charge in [0, 0.05) is 87.0 Å². The fourth-order valence-electron chi connectivity index (χ4n) is 14.3. The Kier molecular flexibility index (Phi) is 30.6. The molecule has 117 heavy (non-hydrogen) atoms. The fourth-order valence-corrected chi connectivity index (χ4v) is 16.4. The summed E-state index contributed by atoms with van der Waals surface area (Å²) < 4.78 is 21.0. The molecule has 590 valence electrons. The van der Waals surface area contributed by atoms with Crippen LogP contribution in [0.3, 0.4) is 0 Å². The van der Waals surface area contributed by atoms with E-state index in [0.29, 0.717) is 11.3 Å². The number of carbonyl (C=O) groups excluding carboxylic acids is 2. The van der Waals surface area contributed by atoms with Gasteiger partial charge < -0.3 is 28.7 Å². The first-order chi connectivity index (χ1) is 55.5. The van der Waals surface area contributed by atoms with Gasteiger partial charge >= 0.3 is 46.5 Å². The molecule has 0 spiro atoms. The number of aromatic nitrogens is 4. The van der Waals surface area contributed by atoms with E-state index in [9.17, 15) is 24.3 Å². The number of anilines is 4. The van der Waals surface area contributed by atoms with Crippen LogP contribution < -0.4 is 43.4 Å². The molecule has 4 atom stereocenters. The van der Waals surface area contributed by atoms with Crippen LogP contribution in [0.5, 0.6) is 0 Å². The summed E-state index contributed by atoms with van der Waals surface area (Å²) in [5.74, 6) is 0.140. The maximum Gasteiger partial charge on any atom is 2.00 e. The van der Waals surface area contributed by atoms with Gasteiger partial charge in [-0.25, -0.2) is 19.2 Å². The Morgan fingerprint density at radius 3 is 1.08 bits per heavy atom. The van der Waals surface area contributed by atoms with Crippen LogP contribution in [0.15, 0.2) is 367 Å². The third kappa shape index (κ3) is 19.3. The van der Waals surface area contributed by atoms with Gasteiger partial charge in [0.1, 0.15) is 0 Å². The second-order valence-electron chi connectivity index (χ2n) is 27.8. The second kappa shape index (κ2) is 39.9. The number of hydrogen-bond acceptors (Lipinski definition) is 6. The first-order valence-corrected chi connectivity index (χ1v) is 43.2. The van der Waals surface area contributed by atoms with Gasteiger partial charge in [0.2, 0.25) is 5.72 Å². The van der Waals surface area contributed by atoms with E-state index in [2.05, 4.69) is 153 Å². The molecule has 12 aromatic carbocycles. The van der Waals surface area contributed by atoms with Gasteiger partial charge in [-0.15, -0.1) is 0 Å². The zero-order valence-electron chi connectivity index (χ0n) is 64.2. The number of amides is 4. The second-order valence-corrected chi connectivity index (χ2v) is 35.1. The van der Waals surface area contributed by atoms with Crippen molar-refractivity contribution in [2.75, 3.05) is 19.6 Å². The number of nitrogens with zero attached hydrogens (tertiary/aromatic N) is 8. The number of aliphatic hydroxyl groups is 1. The van der Waals surface area contributed by atoms with Gasteiger partial charge in [-0.2, -0.15) is 13.8 Å². The molecule has 4 unspecified atom stereocenters. The van der Waals surface area contributed by atoms with Crippen LogP contribution in [0.25, 0.3) is 45.3 Å². The van der Waals surface area contributed by atoms with Gasteiger partial charge in [-0.05, 0) is 206 Å². The van der Waals surface area contributed by atoms with Crippen LogP contribution in [-0.2, 0) is 16.2 Å². The van der Waals surface area contributed by atoms with Crippen molar-refractivity contribution in [1.29, 1.82) is 0 Å². The van der Waals surface area contributed by atoms with E-state index in [4.69, 9.17) is 4.74 Å². The normalized spacial score (nSPS) is 16.3. The molecule has 14 aromatic rings. The molecule has 3 aliphatic heterocycles. The molecule has 0 bridgehead atoms. The summed E-state index contributed by atoms with van der Waals surface area (Å²) in [4.78, 5) is 61.0. The molecule has 0 radical (unpaired) electrons. The molecule has 0 aliphatic carbocycles. The first kappa shape index (κ1) is 89.8. The van der Waals surface area contributed by atoms with Crippen molar-refractivity contribution < 1.29 is 31.8 Å². The number of ether oxygens (including phenoxy) is 1. The van der Waals surface area contributed by atoms with Crippen LogP contribution in [0.1, 0.15) is 64.3 Å². The average molecular weight is 2100 g/mol. The van der Waals surface area contributed by atoms with E-state index >= 15 is 0 Å². The number of urea groups is 2. The fraction of sp³-hybridized carbons (Fsp3) is 0.129. The number of fused-ring (bicyclic) bond motifs is 1. The topological polar surface area (TPSA) is 134 Å². The van der Waals surface area contributed by atoms with E-state index in [1.165, 1.54) is 4.90 Å². The predicted octanol–water partition coefficient (Wildman–Crippen LogP) is 23.0. The van der Waals surface area contributed by atoms with E-state index < -0.39 is 17.5 Å². The van der Waals surface area contributed by atoms with Crippen LogP contribution in [-0.4, -0.2) is 70.8 Å². The SMILES string of the molecule is CC(C)C1N(c2ccc(Br)cc2)C(=O)N(c2ccc(Br)cc2)C1(O)c1ccccc1.CC(C)c1c(-c2ccccc2)n(-c2ccc(Br)cc2)c(=O)n1-c1ccc(Br)cc1.C[CH-]C.O=C1N(c2ccc(Br)cc2)C2OC2(c2ccccc2)N1c1ccc(Br)cc1.O=c1n(-c2ccc(Br)cc2)cc(-c2ccccc2)n1-c1ccc(Br)cc1.[Cl-].[Mg+2]. The molecule has 14 nitrogen and oxygen atoms in total. The molecule has 3 fully saturated rings. The van der Waals surface area contributed by atoms with Gasteiger partial charge in [0.25, 0.3) is 0 Å². The minimum Gasteiger partial charge on any atom is -1.00 e. The first-order valence-electron chi connectivity index (χ1n) is 36.9. The predicted molar refractivity (Wildman–Crippen MR) is 499 cm³/mol. The van der Waals surface area contributed by atoms with E-state index in [-0.39, 0.29) is 77.0 Å². The van der Waals surface area contributed by atoms with Gasteiger partial charge in [-0.3, -0.25) is 37.9 Å². The molecule has 3 aliphatic rings. The minimum absolute atomic E-state index is 0. The van der Waals surface area contributed by atoms with E-state index in [1.54, 1.807) is 23.8 Å². The number of imidazole rings is 2. The van der Waals surface area contributed by atoms with Crippen molar-refractivity contribution >= 4 is 185 Å². The molecule has 1 N–H and O–H groups in total. The van der Waals surface area contributed by atoms with Crippen LogP contribution in [0.2, 0.25) is 0 Å². The molecule has 5 heterocycles. The number of epoxide rings is 1. The van der Waals surface area contributed by atoms with Crippen molar-refractivity contribution in [2.45, 2.75) is 71.2 Å². The Balaban J connectivity index is 0.000000151. The number of hydrogen-bond donors (Lipinski definition) is 1. The van der Waals surface area contributed by atoms with Crippen molar-refractivity contribution in [2.24, 2.45) is 5.92 Å². The van der Waals surface area contributed by atoms with Crippen molar-refractivity contribution in [3.8, 4) is 45.3 Å². The Labute approximate surface area is 770 Å². The van der Waals surface area contributed by atoms with Crippen molar-refractivity contribution in [3.05, 3.63) is 402 Å². The van der Waals surface area contributed by atoms with Crippen molar-refractivity contribution in [1.82, 2.24) is 18.3 Å². The quantitative estimate of drug-likeness (QED) is 0.0655. The molecule has 24 heteroatoms. The minimum atomic E-state index is -1.53. The van der Waals surface area contributed by atoms with Crippen molar-refractivity contribution in [3.63, 3.8) is 0 Å². The van der Waals surface area contributed by atoms with Gasteiger partial charge in [0.15, 0.2) is 12.0 Å². The molecule has 17 rings (SSSR count). The smallest absolute Gasteiger partial charge is 1.00 e. The Hall–Kier alpha value is -7.98. The summed E-state index contributed by atoms with van der Waals surface area (Å²) in [7, 11) is 0. The third-order valence-electron chi connectivity index (χ3n) is 19.4. The van der Waals surface area contributed by atoms with E-state index in [0.717, 1.165) is 109 Å². The van der Waals surface area contributed by atoms with Crippen LogP contribution in [0.4, 0.5) is 32.3 Å². The standard InChI is InChI=1S/C24H22Br2N2O2.C24H20Br2N2O.C21H14Br2N2O2.C21H14Br2N2O.C3H7.ClH.Mg/c1-16(2)22-24(30,17-6-4-3-5-7-17)28(21-14-10-19(26)11-15-21)23(29)27(22)20-12-8-18(25)9-13-20;1-16(2)22-23(17-6-4-3-5-7-17)28(21-14-10-19(26)11-15-21)24(29)27(22)20-12-8-18(25)9-13-20;22-15-6-10-17(11-7-15)24-19-21(27-19,14-4-2-1-3-5-14)25(20(24)26)18-12-8-16(23)9-13-18;22-16-6-10-18(11-7-16)24-14-20(15-4-2-1-3-5-15)25(21(24)26)19-12-8-17(23)9-13-19;1-3-2;;/h3-16,22,30H,1-2H3;3-16H,1-2H3;1-13,19H;1-14H;3H,1-2H3;1H;/q;;;;-1;;+2/p-1. The van der Waals surface area contributed by atoms with Gasteiger partial charge in [-0.1, -0.05) is 276 Å². The molecular formula is C93H77Br8ClMgN8O6. The molecular weight excluding hydrogens is 2020 g/mol. The number of benzene rings is 12. The Bertz CT molecular complexity index is 5810. The summed E-state index contributed by atoms with van der Waals surface area (Å²) in [6.45, 7) is 12.3. The summed E-state index contributed by atoms with van der Waals surface area (Å²) >= 11 is 27.7. The summed E-state index contributed by atoms with van der Waals surface area (Å²) in [6.07, 6.45) is 3.53. The molecule has 0 saturated carbocycles. The monoisotopic (exact) mass is 2090 g/mol. The van der Waals surface area contributed by atoms with Crippen LogP contribution in [0, 0.1) is 12.3 Å². The molecule has 2 aromatic heterocycles. The van der Waals surface area contributed by atoms with Gasteiger partial charge in [0.05, 0.1) is 45.9 Å². The maximum absolute atomic E-state index is 13.8. The molecule has 4 amide bonds. The Morgan fingerprint density at radius 1 is 0.368 bits per heavy atom.